The number of rotatable bonds is 4. The van der Waals surface area contributed by atoms with Crippen LogP contribution in [-0.2, 0) is 10.0 Å². The maximum atomic E-state index is 13.1. The Hall–Kier alpha value is -2.60. The number of hydrogen-bond donors (Lipinski definition) is 1. The molecule has 0 bridgehead atoms. The Morgan fingerprint density at radius 3 is 2.48 bits per heavy atom. The number of benzene rings is 2. The normalized spacial score (nSPS) is 11.5. The number of anilines is 1. The number of para-hydroxylation sites is 1. The lowest BCUT2D eigenvalue weighted by Crippen LogP contribution is -2.17. The molecule has 1 aromatic heterocycles. The van der Waals surface area contributed by atoms with Gasteiger partial charge >= 0.3 is 0 Å². The molecular formula is C19H20N2O3S. The van der Waals surface area contributed by atoms with Crippen LogP contribution in [0.15, 0.2) is 47.5 Å². The van der Waals surface area contributed by atoms with E-state index < -0.39 is 10.0 Å². The zero-order valence-corrected chi connectivity index (χ0v) is 15.4. The van der Waals surface area contributed by atoms with Crippen molar-refractivity contribution in [3.05, 3.63) is 59.3 Å². The number of ether oxygens (including phenoxy) is 1. The Kier molecular flexibility index (Phi) is 4.39. The number of hydrogen-bond acceptors (Lipinski definition) is 4. The van der Waals surface area contributed by atoms with Crippen LogP contribution >= 0.6 is 0 Å². The maximum Gasteiger partial charge on any atom is 0.262 e. The molecule has 0 aliphatic heterocycles. The van der Waals surface area contributed by atoms with Crippen molar-refractivity contribution < 1.29 is 13.2 Å². The third kappa shape index (κ3) is 3.05. The van der Waals surface area contributed by atoms with E-state index in [0.29, 0.717) is 28.1 Å². The number of nitrogens with zero attached hydrogens (tertiary/aromatic N) is 1. The second-order valence-corrected chi connectivity index (χ2v) is 7.58. The molecule has 2 aromatic carbocycles. The number of aromatic nitrogens is 1. The molecule has 130 valence electrons. The van der Waals surface area contributed by atoms with Crippen LogP contribution in [-0.4, -0.2) is 20.5 Å². The summed E-state index contributed by atoms with van der Waals surface area (Å²) in [5.74, 6) is 0.681. The first-order chi connectivity index (χ1) is 11.8. The van der Waals surface area contributed by atoms with E-state index in [1.54, 1.807) is 45.4 Å². The monoisotopic (exact) mass is 356 g/mol. The minimum absolute atomic E-state index is 0.277. The lowest BCUT2D eigenvalue weighted by Gasteiger charge is -2.17. The summed E-state index contributed by atoms with van der Waals surface area (Å²) in [7, 11) is -2.18. The zero-order chi connectivity index (χ0) is 18.2. The van der Waals surface area contributed by atoms with Crippen molar-refractivity contribution >= 4 is 26.6 Å². The molecule has 1 heterocycles. The molecule has 0 aliphatic rings. The molecule has 0 unspecified atom stereocenters. The molecule has 6 heteroatoms. The van der Waals surface area contributed by atoms with E-state index in [-0.39, 0.29) is 4.90 Å². The highest BCUT2D eigenvalue weighted by Crippen LogP contribution is 2.32. The van der Waals surface area contributed by atoms with Gasteiger partial charge in [-0.2, -0.15) is 0 Å². The fraction of sp³-hybridized carbons (Fsp3) is 0.211. The van der Waals surface area contributed by atoms with E-state index in [0.717, 1.165) is 10.9 Å². The van der Waals surface area contributed by atoms with Gasteiger partial charge in [-0.3, -0.25) is 9.71 Å². The molecule has 0 fully saturated rings. The van der Waals surface area contributed by atoms with Gasteiger partial charge < -0.3 is 4.74 Å². The van der Waals surface area contributed by atoms with Crippen molar-refractivity contribution in [2.24, 2.45) is 0 Å². The van der Waals surface area contributed by atoms with Gasteiger partial charge in [0.2, 0.25) is 0 Å². The number of fused-ring (bicyclic) bond motifs is 1. The molecule has 0 saturated carbocycles. The topological polar surface area (TPSA) is 68.3 Å². The molecule has 3 rings (SSSR count). The molecule has 0 amide bonds. The summed E-state index contributed by atoms with van der Waals surface area (Å²) in [6.45, 7) is 5.41. The highest BCUT2D eigenvalue weighted by atomic mass is 32.2. The molecule has 0 radical (unpaired) electrons. The maximum absolute atomic E-state index is 13.1. The van der Waals surface area contributed by atoms with Gasteiger partial charge in [0.1, 0.15) is 5.75 Å². The molecule has 0 saturated heterocycles. The lowest BCUT2D eigenvalue weighted by atomic mass is 10.1. The Balaban J connectivity index is 2.13. The Morgan fingerprint density at radius 2 is 1.76 bits per heavy atom. The fourth-order valence-corrected chi connectivity index (χ4v) is 4.62. The van der Waals surface area contributed by atoms with Crippen LogP contribution in [0.5, 0.6) is 5.75 Å². The van der Waals surface area contributed by atoms with E-state index >= 15 is 0 Å². The van der Waals surface area contributed by atoms with Crippen LogP contribution in [0.3, 0.4) is 0 Å². The highest BCUT2D eigenvalue weighted by molar-refractivity contribution is 7.92. The minimum Gasteiger partial charge on any atom is -0.496 e. The van der Waals surface area contributed by atoms with Crippen molar-refractivity contribution in [2.45, 2.75) is 25.7 Å². The first-order valence-corrected chi connectivity index (χ1v) is 9.35. The number of pyridine rings is 1. The van der Waals surface area contributed by atoms with E-state index in [9.17, 15) is 8.42 Å². The van der Waals surface area contributed by atoms with E-state index in [4.69, 9.17) is 4.74 Å². The number of methoxy groups -OCH3 is 1. The zero-order valence-electron chi connectivity index (χ0n) is 14.6. The smallest absolute Gasteiger partial charge is 0.262 e. The predicted octanol–water partition coefficient (Wildman–Crippen LogP) is 3.97. The van der Waals surface area contributed by atoms with Gasteiger partial charge in [0.25, 0.3) is 10.0 Å². The number of aryl methyl sites for hydroxylation is 1. The summed E-state index contributed by atoms with van der Waals surface area (Å²) in [4.78, 5) is 4.58. The third-order valence-electron chi connectivity index (χ3n) is 4.34. The van der Waals surface area contributed by atoms with Crippen molar-refractivity contribution in [3.63, 3.8) is 0 Å². The Morgan fingerprint density at radius 1 is 1.04 bits per heavy atom. The fourth-order valence-electron chi connectivity index (χ4n) is 3.03. The standard InChI is InChI=1S/C19H20N2O3S/c1-12-11-17(24-4)13(2)14(3)19(12)25(22,23)21-16-9-5-7-15-8-6-10-20-18(15)16/h5-11,21H,1-4H3. The van der Waals surface area contributed by atoms with Crippen LogP contribution in [0.25, 0.3) is 10.9 Å². The lowest BCUT2D eigenvalue weighted by molar-refractivity contribution is 0.410. The molecule has 0 aliphatic carbocycles. The van der Waals surface area contributed by atoms with Crippen LogP contribution in [0, 0.1) is 20.8 Å². The van der Waals surface area contributed by atoms with Crippen LogP contribution in [0.2, 0.25) is 0 Å². The molecule has 1 N–H and O–H groups in total. The summed E-state index contributed by atoms with van der Waals surface area (Å²) in [6, 6.07) is 10.9. The van der Waals surface area contributed by atoms with Gasteiger partial charge in [0, 0.05) is 11.6 Å². The van der Waals surface area contributed by atoms with Gasteiger partial charge in [-0.1, -0.05) is 18.2 Å². The first kappa shape index (κ1) is 17.2. The van der Waals surface area contributed by atoms with Crippen LogP contribution in [0.1, 0.15) is 16.7 Å². The molecule has 0 atom stereocenters. The van der Waals surface area contributed by atoms with Gasteiger partial charge in [0.15, 0.2) is 0 Å². The van der Waals surface area contributed by atoms with Crippen LogP contribution in [0.4, 0.5) is 5.69 Å². The van der Waals surface area contributed by atoms with E-state index in [2.05, 4.69) is 9.71 Å². The predicted molar refractivity (Wildman–Crippen MR) is 99.8 cm³/mol. The second kappa shape index (κ2) is 6.37. The molecule has 3 aromatic rings. The van der Waals surface area contributed by atoms with E-state index in [1.165, 1.54) is 0 Å². The van der Waals surface area contributed by atoms with Gasteiger partial charge in [-0.15, -0.1) is 0 Å². The summed E-state index contributed by atoms with van der Waals surface area (Å²) in [5.41, 5.74) is 3.21. The summed E-state index contributed by atoms with van der Waals surface area (Å²) in [6.07, 6.45) is 1.65. The number of nitrogens with one attached hydrogen (secondary N) is 1. The van der Waals surface area contributed by atoms with Crippen molar-refractivity contribution in [3.8, 4) is 5.75 Å². The van der Waals surface area contributed by atoms with Crippen molar-refractivity contribution in [1.29, 1.82) is 0 Å². The van der Waals surface area contributed by atoms with Crippen molar-refractivity contribution in [1.82, 2.24) is 4.98 Å². The first-order valence-electron chi connectivity index (χ1n) is 7.86. The van der Waals surface area contributed by atoms with Crippen molar-refractivity contribution in [2.75, 3.05) is 11.8 Å². The SMILES string of the molecule is COc1cc(C)c(S(=O)(=O)Nc2cccc3cccnc23)c(C)c1C. The highest BCUT2D eigenvalue weighted by Gasteiger charge is 2.23. The largest absolute Gasteiger partial charge is 0.496 e. The average Bonchev–Trinajstić information content (AvgIpc) is 2.58. The van der Waals surface area contributed by atoms with Gasteiger partial charge in [0.05, 0.1) is 23.2 Å². The Bertz CT molecular complexity index is 1050. The molecule has 25 heavy (non-hydrogen) atoms. The summed E-state index contributed by atoms with van der Waals surface area (Å²) >= 11 is 0. The molecule has 5 nitrogen and oxygen atoms in total. The number of sulfonamides is 1. The second-order valence-electron chi connectivity index (χ2n) is 5.96. The minimum atomic E-state index is -3.76. The third-order valence-corrected chi connectivity index (χ3v) is 6.00. The quantitative estimate of drug-likeness (QED) is 0.768. The van der Waals surface area contributed by atoms with E-state index in [1.807, 2.05) is 25.1 Å². The molecule has 0 spiro atoms. The average molecular weight is 356 g/mol. The van der Waals surface area contributed by atoms with Crippen LogP contribution < -0.4 is 9.46 Å². The van der Waals surface area contributed by atoms with Gasteiger partial charge in [-0.25, -0.2) is 8.42 Å². The van der Waals surface area contributed by atoms with Gasteiger partial charge in [-0.05, 0) is 55.7 Å². The summed E-state index contributed by atoms with van der Waals surface area (Å²) in [5, 5.41) is 0.877. The summed E-state index contributed by atoms with van der Waals surface area (Å²) < 4.78 is 34.1. The Labute approximate surface area is 147 Å². The molecular weight excluding hydrogens is 336 g/mol.